The second-order valence-corrected chi connectivity index (χ2v) is 6.82. The fourth-order valence-electron chi connectivity index (χ4n) is 2.84. The van der Waals surface area contributed by atoms with Crippen molar-refractivity contribution in [3.63, 3.8) is 0 Å². The molecule has 0 bridgehead atoms. The second kappa shape index (κ2) is 8.75. The number of nitrogens with zero attached hydrogens (tertiary/aromatic N) is 3. The monoisotopic (exact) mass is 401 g/mol. The molecule has 1 amide bonds. The van der Waals surface area contributed by atoms with Gasteiger partial charge in [-0.05, 0) is 17.7 Å². The summed E-state index contributed by atoms with van der Waals surface area (Å²) in [6.07, 6.45) is 0. The third-order valence-corrected chi connectivity index (χ3v) is 5.26. The first kappa shape index (κ1) is 19.7. The van der Waals surface area contributed by atoms with Crippen molar-refractivity contribution in [1.82, 2.24) is 4.90 Å². The van der Waals surface area contributed by atoms with Crippen molar-refractivity contribution in [2.45, 2.75) is 5.75 Å². The van der Waals surface area contributed by atoms with Crippen LogP contribution in [-0.2, 0) is 5.75 Å². The van der Waals surface area contributed by atoms with Gasteiger partial charge in [-0.1, -0.05) is 30.0 Å². The fourth-order valence-corrected chi connectivity index (χ4v) is 3.83. The molecule has 1 aliphatic heterocycles. The van der Waals surface area contributed by atoms with Gasteiger partial charge in [0.25, 0.3) is 11.6 Å². The normalized spacial score (nSPS) is 13.2. The third-order valence-electron chi connectivity index (χ3n) is 4.18. The van der Waals surface area contributed by atoms with E-state index in [-0.39, 0.29) is 11.6 Å². The zero-order valence-electron chi connectivity index (χ0n) is 15.5. The average Bonchev–Trinajstić information content (AvgIpc) is 3.19. The number of carbonyl (C=O) groups excluding carboxylic acids is 1. The van der Waals surface area contributed by atoms with Crippen LogP contribution in [0.1, 0.15) is 15.9 Å². The Morgan fingerprint density at radius 1 is 1.21 bits per heavy atom. The molecule has 3 rings (SSSR count). The van der Waals surface area contributed by atoms with Crippen LogP contribution in [0.25, 0.3) is 0 Å². The number of amides is 1. The maximum absolute atomic E-state index is 13.2. The van der Waals surface area contributed by atoms with Gasteiger partial charge in [0.1, 0.15) is 17.1 Å². The van der Waals surface area contributed by atoms with E-state index >= 15 is 0 Å². The quantitative estimate of drug-likeness (QED) is 0.544. The Balaban J connectivity index is 1.77. The highest BCUT2D eigenvalue weighted by Gasteiger charge is 2.29. The Labute approximate surface area is 166 Å². The lowest BCUT2D eigenvalue weighted by Crippen LogP contribution is -2.33. The van der Waals surface area contributed by atoms with E-state index in [9.17, 15) is 14.9 Å². The number of ether oxygens (including phenoxy) is 2. The number of thioether (sulfide) groups is 1. The Hall–Kier alpha value is -3.07. The molecule has 0 N–H and O–H groups in total. The predicted octanol–water partition coefficient (Wildman–Crippen LogP) is 3.36. The summed E-state index contributed by atoms with van der Waals surface area (Å²) in [4.78, 5) is 29.7. The molecular weight excluding hydrogens is 382 g/mol. The first-order chi connectivity index (χ1) is 13.5. The van der Waals surface area contributed by atoms with Crippen LogP contribution in [0.3, 0.4) is 0 Å². The summed E-state index contributed by atoms with van der Waals surface area (Å²) >= 11 is 1.37. The van der Waals surface area contributed by atoms with Crippen molar-refractivity contribution in [2.24, 2.45) is 4.99 Å². The van der Waals surface area contributed by atoms with Crippen molar-refractivity contribution >= 4 is 28.5 Å². The van der Waals surface area contributed by atoms with E-state index in [1.807, 2.05) is 6.07 Å². The van der Waals surface area contributed by atoms with E-state index in [4.69, 9.17) is 9.47 Å². The number of benzene rings is 2. The minimum atomic E-state index is -0.426. The summed E-state index contributed by atoms with van der Waals surface area (Å²) < 4.78 is 10.7. The molecule has 1 aliphatic rings. The lowest BCUT2D eigenvalue weighted by atomic mass is 10.1. The number of rotatable bonds is 6. The molecule has 0 unspecified atom stereocenters. The molecule has 0 atom stereocenters. The van der Waals surface area contributed by atoms with Gasteiger partial charge in [0.2, 0.25) is 0 Å². The van der Waals surface area contributed by atoms with Gasteiger partial charge in [-0.25, -0.2) is 0 Å². The van der Waals surface area contributed by atoms with Crippen LogP contribution >= 0.6 is 11.8 Å². The number of methoxy groups -OCH3 is 2. The number of amidine groups is 1. The summed E-state index contributed by atoms with van der Waals surface area (Å²) in [6.45, 7) is 0.956. The van der Waals surface area contributed by atoms with Gasteiger partial charge < -0.3 is 9.47 Å². The van der Waals surface area contributed by atoms with E-state index < -0.39 is 4.92 Å². The van der Waals surface area contributed by atoms with Crippen LogP contribution in [-0.4, -0.2) is 48.2 Å². The highest BCUT2D eigenvalue weighted by Crippen LogP contribution is 2.31. The van der Waals surface area contributed by atoms with E-state index in [2.05, 4.69) is 4.99 Å². The minimum absolute atomic E-state index is 0.0400. The zero-order valence-corrected chi connectivity index (χ0v) is 16.3. The zero-order chi connectivity index (χ0) is 20.1. The first-order valence-electron chi connectivity index (χ1n) is 8.48. The smallest absolute Gasteiger partial charge is 0.269 e. The molecule has 0 radical (unpaired) electrons. The van der Waals surface area contributed by atoms with Gasteiger partial charge in [-0.15, -0.1) is 0 Å². The van der Waals surface area contributed by atoms with Crippen molar-refractivity contribution in [3.8, 4) is 11.5 Å². The van der Waals surface area contributed by atoms with Gasteiger partial charge in [-0.3, -0.25) is 24.8 Å². The Kier molecular flexibility index (Phi) is 6.15. The van der Waals surface area contributed by atoms with Crippen LogP contribution in [0, 0.1) is 10.1 Å². The highest BCUT2D eigenvalue weighted by molar-refractivity contribution is 8.13. The van der Waals surface area contributed by atoms with Gasteiger partial charge in [0.05, 0.1) is 25.7 Å². The van der Waals surface area contributed by atoms with Crippen LogP contribution in [0.4, 0.5) is 5.69 Å². The molecular formula is C19H19N3O5S. The summed E-state index contributed by atoms with van der Waals surface area (Å²) in [5.41, 5.74) is 1.17. The summed E-state index contributed by atoms with van der Waals surface area (Å²) in [7, 11) is 3.00. The summed E-state index contributed by atoms with van der Waals surface area (Å²) in [5, 5.41) is 11.5. The van der Waals surface area contributed by atoms with Crippen molar-refractivity contribution in [3.05, 3.63) is 63.7 Å². The molecule has 8 nitrogen and oxygen atoms in total. The number of nitro benzene ring substituents is 1. The Bertz CT molecular complexity index is 909. The average molecular weight is 401 g/mol. The van der Waals surface area contributed by atoms with Crippen LogP contribution in [0.2, 0.25) is 0 Å². The van der Waals surface area contributed by atoms with Crippen molar-refractivity contribution in [1.29, 1.82) is 0 Å². The van der Waals surface area contributed by atoms with Gasteiger partial charge >= 0.3 is 0 Å². The molecule has 0 saturated heterocycles. The first-order valence-corrected chi connectivity index (χ1v) is 9.47. The largest absolute Gasteiger partial charge is 0.496 e. The number of non-ortho nitro benzene ring substituents is 1. The molecule has 0 aliphatic carbocycles. The topological polar surface area (TPSA) is 94.3 Å². The lowest BCUT2D eigenvalue weighted by Gasteiger charge is -2.20. The van der Waals surface area contributed by atoms with Gasteiger partial charge in [-0.2, -0.15) is 0 Å². The maximum Gasteiger partial charge on any atom is 0.269 e. The number of aliphatic imine (C=N–C) groups is 1. The van der Waals surface area contributed by atoms with Crippen LogP contribution in [0.15, 0.2) is 47.5 Å². The molecule has 0 aromatic heterocycles. The van der Waals surface area contributed by atoms with Crippen LogP contribution < -0.4 is 9.47 Å². The molecule has 2 aromatic carbocycles. The predicted molar refractivity (Wildman–Crippen MR) is 107 cm³/mol. The minimum Gasteiger partial charge on any atom is -0.496 e. The number of hydrogen-bond donors (Lipinski definition) is 0. The number of hydrogen-bond acceptors (Lipinski definition) is 7. The molecule has 1 heterocycles. The molecule has 9 heteroatoms. The number of carbonyl (C=O) groups is 1. The Morgan fingerprint density at radius 2 is 1.89 bits per heavy atom. The maximum atomic E-state index is 13.2. The Morgan fingerprint density at radius 3 is 2.54 bits per heavy atom. The molecule has 0 saturated carbocycles. The highest BCUT2D eigenvalue weighted by atomic mass is 32.2. The summed E-state index contributed by atoms with van der Waals surface area (Å²) in [5.74, 6) is 1.07. The molecule has 28 heavy (non-hydrogen) atoms. The molecule has 2 aromatic rings. The van der Waals surface area contributed by atoms with Crippen LogP contribution in [0.5, 0.6) is 11.5 Å². The SMILES string of the molecule is COc1cccc(OC)c1C(=O)N1CCN=C1SCc1cccc([N+](=O)[O-])c1. The van der Waals surface area contributed by atoms with Gasteiger partial charge in [0.15, 0.2) is 5.17 Å². The molecule has 146 valence electrons. The lowest BCUT2D eigenvalue weighted by molar-refractivity contribution is -0.384. The van der Waals surface area contributed by atoms with Crippen molar-refractivity contribution in [2.75, 3.05) is 27.3 Å². The second-order valence-electron chi connectivity index (χ2n) is 5.87. The molecule has 0 spiro atoms. The van der Waals surface area contributed by atoms with E-state index in [1.165, 1.54) is 38.1 Å². The molecule has 0 fully saturated rings. The fraction of sp³-hybridized carbons (Fsp3) is 0.263. The standard InChI is InChI=1S/C19H19N3O5S/c1-26-15-7-4-8-16(27-2)17(15)18(23)21-10-9-20-19(21)28-12-13-5-3-6-14(11-13)22(24)25/h3-8,11H,9-10,12H2,1-2H3. The van der Waals surface area contributed by atoms with E-state index in [0.717, 1.165) is 5.56 Å². The van der Waals surface area contributed by atoms with E-state index in [1.54, 1.807) is 29.2 Å². The van der Waals surface area contributed by atoms with Crippen molar-refractivity contribution < 1.29 is 19.2 Å². The third kappa shape index (κ3) is 4.09. The van der Waals surface area contributed by atoms with E-state index in [0.29, 0.717) is 41.1 Å². The summed E-state index contributed by atoms with van der Waals surface area (Å²) in [6, 6.07) is 11.6. The number of nitro groups is 1. The van der Waals surface area contributed by atoms with Gasteiger partial charge in [0, 0.05) is 24.4 Å².